The summed E-state index contributed by atoms with van der Waals surface area (Å²) in [6.45, 7) is 4.14. The Hall–Kier alpha value is -1.21. The molecule has 4 nitrogen and oxygen atoms in total. The van der Waals surface area contributed by atoms with Crippen LogP contribution in [0, 0.1) is 0 Å². The maximum atomic E-state index is 12.9. The van der Waals surface area contributed by atoms with Gasteiger partial charge in [0.05, 0.1) is 10.9 Å². The first kappa shape index (κ1) is 18.6. The standard InChI is InChI=1S/C19H23BrN2O2S/c1-15(22-13-5-6-14-22)19(16-7-3-2-4-8-16)21-25(23,24)18-11-9-17(20)10-12-18/h2-4,7-12,15,19,21H,5-6,13-14H2,1H3/t15-,19-/m1/s1. The van der Waals surface area contributed by atoms with E-state index in [1.54, 1.807) is 24.3 Å². The van der Waals surface area contributed by atoms with E-state index in [1.807, 2.05) is 30.3 Å². The molecular weight excluding hydrogens is 400 g/mol. The van der Waals surface area contributed by atoms with E-state index < -0.39 is 10.0 Å². The molecule has 0 saturated carbocycles. The Morgan fingerprint density at radius 2 is 1.60 bits per heavy atom. The summed E-state index contributed by atoms with van der Waals surface area (Å²) >= 11 is 3.35. The number of hydrogen-bond donors (Lipinski definition) is 1. The van der Waals surface area contributed by atoms with Crippen molar-refractivity contribution in [3.05, 3.63) is 64.6 Å². The topological polar surface area (TPSA) is 49.4 Å². The van der Waals surface area contributed by atoms with Crippen LogP contribution in [0.15, 0.2) is 64.0 Å². The van der Waals surface area contributed by atoms with Gasteiger partial charge in [0.25, 0.3) is 0 Å². The van der Waals surface area contributed by atoms with Gasteiger partial charge in [0.15, 0.2) is 0 Å². The minimum Gasteiger partial charge on any atom is -0.299 e. The summed E-state index contributed by atoms with van der Waals surface area (Å²) in [4.78, 5) is 2.65. The molecule has 2 aromatic rings. The van der Waals surface area contributed by atoms with Gasteiger partial charge in [0.1, 0.15) is 0 Å². The third kappa shape index (κ3) is 4.50. The second kappa shape index (κ2) is 7.99. The van der Waals surface area contributed by atoms with E-state index in [4.69, 9.17) is 0 Å². The third-order valence-corrected chi connectivity index (χ3v) is 6.75. The Bertz CT molecular complexity index is 788. The summed E-state index contributed by atoms with van der Waals surface area (Å²) in [6.07, 6.45) is 2.34. The summed E-state index contributed by atoms with van der Waals surface area (Å²) < 4.78 is 29.6. The van der Waals surface area contributed by atoms with Gasteiger partial charge in [-0.25, -0.2) is 13.1 Å². The Balaban J connectivity index is 1.90. The number of nitrogens with zero attached hydrogens (tertiary/aromatic N) is 1. The number of sulfonamides is 1. The summed E-state index contributed by atoms with van der Waals surface area (Å²) in [5.41, 5.74) is 0.989. The summed E-state index contributed by atoms with van der Waals surface area (Å²) in [5, 5.41) is 0. The smallest absolute Gasteiger partial charge is 0.241 e. The van der Waals surface area contributed by atoms with Crippen LogP contribution in [0.25, 0.3) is 0 Å². The second-order valence-corrected chi connectivity index (χ2v) is 9.08. The Labute approximate surface area is 158 Å². The lowest BCUT2D eigenvalue weighted by Crippen LogP contribution is -2.43. The van der Waals surface area contributed by atoms with Gasteiger partial charge in [-0.05, 0) is 62.7 Å². The van der Waals surface area contributed by atoms with E-state index in [0.29, 0.717) is 0 Å². The van der Waals surface area contributed by atoms with E-state index in [2.05, 4.69) is 32.5 Å². The minimum atomic E-state index is -3.60. The van der Waals surface area contributed by atoms with Crippen LogP contribution < -0.4 is 4.72 Å². The van der Waals surface area contributed by atoms with Gasteiger partial charge in [0.2, 0.25) is 10.0 Å². The number of likely N-dealkylation sites (tertiary alicyclic amines) is 1. The molecule has 1 saturated heterocycles. The van der Waals surface area contributed by atoms with E-state index in [1.165, 1.54) is 12.8 Å². The van der Waals surface area contributed by atoms with E-state index in [-0.39, 0.29) is 17.0 Å². The number of hydrogen-bond acceptors (Lipinski definition) is 3. The molecule has 25 heavy (non-hydrogen) atoms. The van der Waals surface area contributed by atoms with Crippen molar-refractivity contribution in [2.24, 2.45) is 0 Å². The van der Waals surface area contributed by atoms with Crippen LogP contribution in [0.3, 0.4) is 0 Å². The van der Waals surface area contributed by atoms with Crippen LogP contribution in [0.1, 0.15) is 31.4 Å². The molecule has 0 aromatic heterocycles. The van der Waals surface area contributed by atoms with Gasteiger partial charge in [-0.15, -0.1) is 0 Å². The Morgan fingerprint density at radius 1 is 1.00 bits per heavy atom. The fourth-order valence-electron chi connectivity index (χ4n) is 3.31. The summed E-state index contributed by atoms with van der Waals surface area (Å²) in [7, 11) is -3.60. The lowest BCUT2D eigenvalue weighted by molar-refractivity contribution is 0.219. The van der Waals surface area contributed by atoms with E-state index >= 15 is 0 Å². The zero-order valence-electron chi connectivity index (χ0n) is 14.2. The monoisotopic (exact) mass is 422 g/mol. The average molecular weight is 423 g/mol. The Morgan fingerprint density at radius 3 is 2.20 bits per heavy atom. The van der Waals surface area contributed by atoms with Crippen LogP contribution >= 0.6 is 15.9 Å². The first-order valence-electron chi connectivity index (χ1n) is 8.54. The van der Waals surface area contributed by atoms with Crippen LogP contribution in [0.5, 0.6) is 0 Å². The number of nitrogens with one attached hydrogen (secondary N) is 1. The molecule has 2 aromatic carbocycles. The average Bonchev–Trinajstić information content (AvgIpc) is 3.15. The highest BCUT2D eigenvalue weighted by atomic mass is 79.9. The SMILES string of the molecule is C[C@H]([C@@H](NS(=O)(=O)c1ccc(Br)cc1)c1ccccc1)N1CCCC1. The maximum absolute atomic E-state index is 12.9. The molecule has 0 unspecified atom stereocenters. The molecule has 0 radical (unpaired) electrons. The predicted molar refractivity (Wildman–Crippen MR) is 104 cm³/mol. The molecule has 1 fully saturated rings. The van der Waals surface area contributed by atoms with Gasteiger partial charge in [-0.1, -0.05) is 46.3 Å². The molecule has 0 spiro atoms. The van der Waals surface area contributed by atoms with Crippen LogP contribution in [0.2, 0.25) is 0 Å². The second-order valence-electron chi connectivity index (χ2n) is 6.45. The summed E-state index contributed by atoms with van der Waals surface area (Å²) in [6, 6.07) is 16.4. The highest BCUT2D eigenvalue weighted by Gasteiger charge is 2.30. The van der Waals surface area contributed by atoms with Crippen molar-refractivity contribution < 1.29 is 8.42 Å². The molecule has 1 aliphatic heterocycles. The van der Waals surface area contributed by atoms with Crippen LogP contribution in [0.4, 0.5) is 0 Å². The van der Waals surface area contributed by atoms with Crippen molar-refractivity contribution >= 4 is 26.0 Å². The normalized spacial score (nSPS) is 18.2. The molecule has 0 bridgehead atoms. The van der Waals surface area contributed by atoms with E-state index in [0.717, 1.165) is 23.1 Å². The maximum Gasteiger partial charge on any atom is 0.241 e. The van der Waals surface area contributed by atoms with Crippen LogP contribution in [-0.4, -0.2) is 32.4 Å². The first-order chi connectivity index (χ1) is 12.0. The molecule has 1 aliphatic rings. The molecule has 0 amide bonds. The molecule has 1 N–H and O–H groups in total. The van der Waals surface area contributed by atoms with Crippen molar-refractivity contribution in [2.45, 2.75) is 36.7 Å². The molecule has 134 valence electrons. The zero-order chi connectivity index (χ0) is 17.9. The number of benzene rings is 2. The molecule has 0 aliphatic carbocycles. The van der Waals surface area contributed by atoms with Gasteiger partial charge in [-0.2, -0.15) is 0 Å². The lowest BCUT2D eigenvalue weighted by atomic mass is 10.0. The summed E-state index contributed by atoms with van der Waals surface area (Å²) in [5.74, 6) is 0. The van der Waals surface area contributed by atoms with E-state index in [9.17, 15) is 8.42 Å². The molecule has 6 heteroatoms. The zero-order valence-corrected chi connectivity index (χ0v) is 16.6. The lowest BCUT2D eigenvalue weighted by Gasteiger charge is -2.32. The van der Waals surface area contributed by atoms with Gasteiger partial charge in [-0.3, -0.25) is 4.90 Å². The van der Waals surface area contributed by atoms with Crippen molar-refractivity contribution in [2.75, 3.05) is 13.1 Å². The third-order valence-electron chi connectivity index (χ3n) is 4.76. The predicted octanol–water partition coefficient (Wildman–Crippen LogP) is 3.95. The van der Waals surface area contributed by atoms with Gasteiger partial charge in [0, 0.05) is 10.5 Å². The fourth-order valence-corrected chi connectivity index (χ4v) is 4.88. The molecular formula is C19H23BrN2O2S. The van der Waals surface area contributed by atoms with Crippen molar-refractivity contribution in [3.63, 3.8) is 0 Å². The van der Waals surface area contributed by atoms with Crippen LogP contribution in [-0.2, 0) is 10.0 Å². The van der Waals surface area contributed by atoms with Crippen molar-refractivity contribution in [1.82, 2.24) is 9.62 Å². The largest absolute Gasteiger partial charge is 0.299 e. The highest BCUT2D eigenvalue weighted by Crippen LogP contribution is 2.26. The minimum absolute atomic E-state index is 0.0927. The van der Waals surface area contributed by atoms with Gasteiger partial charge < -0.3 is 0 Å². The first-order valence-corrected chi connectivity index (χ1v) is 10.8. The number of rotatable bonds is 6. The Kier molecular flexibility index (Phi) is 5.94. The molecule has 2 atom stereocenters. The van der Waals surface area contributed by atoms with Crippen molar-refractivity contribution in [1.29, 1.82) is 0 Å². The number of halogens is 1. The molecule has 3 rings (SSSR count). The molecule has 1 heterocycles. The van der Waals surface area contributed by atoms with Crippen molar-refractivity contribution in [3.8, 4) is 0 Å². The van der Waals surface area contributed by atoms with Gasteiger partial charge >= 0.3 is 0 Å². The highest BCUT2D eigenvalue weighted by molar-refractivity contribution is 9.10. The quantitative estimate of drug-likeness (QED) is 0.766. The fraction of sp³-hybridized carbons (Fsp3) is 0.368.